The van der Waals surface area contributed by atoms with Gasteiger partial charge in [0, 0.05) is 43.2 Å². The lowest BCUT2D eigenvalue weighted by Gasteiger charge is -2.45. The monoisotopic (exact) mass is 323 g/mol. The van der Waals surface area contributed by atoms with Gasteiger partial charge in [0.1, 0.15) is 0 Å². The molecule has 1 unspecified atom stereocenters. The molecule has 3 rings (SSSR count). The molecule has 2 aliphatic heterocycles. The molecule has 4 nitrogen and oxygen atoms in total. The number of thiazole rings is 1. The van der Waals surface area contributed by atoms with Gasteiger partial charge < -0.3 is 4.74 Å². The van der Waals surface area contributed by atoms with E-state index in [2.05, 4.69) is 41.1 Å². The van der Waals surface area contributed by atoms with E-state index in [0.29, 0.717) is 11.6 Å². The molecule has 1 atom stereocenters. The number of aryl methyl sites for hydroxylation is 1. The molecule has 5 heteroatoms. The number of aromatic nitrogens is 1. The van der Waals surface area contributed by atoms with Crippen molar-refractivity contribution >= 4 is 11.3 Å². The van der Waals surface area contributed by atoms with Crippen LogP contribution < -0.4 is 0 Å². The van der Waals surface area contributed by atoms with E-state index in [1.54, 1.807) is 11.3 Å². The Hall–Kier alpha value is -0.490. The molecule has 0 amide bonds. The van der Waals surface area contributed by atoms with Crippen LogP contribution in [0, 0.1) is 6.92 Å². The van der Waals surface area contributed by atoms with Gasteiger partial charge in [-0.1, -0.05) is 0 Å². The minimum Gasteiger partial charge on any atom is -0.380 e. The average Bonchev–Trinajstić information content (AvgIpc) is 3.05. The highest BCUT2D eigenvalue weighted by molar-refractivity contribution is 7.09. The summed E-state index contributed by atoms with van der Waals surface area (Å²) in [6.45, 7) is 9.32. The van der Waals surface area contributed by atoms with Gasteiger partial charge in [0.05, 0.1) is 17.3 Å². The van der Waals surface area contributed by atoms with Gasteiger partial charge >= 0.3 is 0 Å². The van der Waals surface area contributed by atoms with E-state index >= 15 is 0 Å². The minimum absolute atomic E-state index is 0.427. The summed E-state index contributed by atoms with van der Waals surface area (Å²) in [5.74, 6) is 0. The Kier molecular flexibility index (Phi) is 5.17. The molecular formula is C17H29N3OS. The lowest BCUT2D eigenvalue weighted by molar-refractivity contribution is 0.0204. The number of piperidine rings is 1. The molecule has 2 aliphatic rings. The topological polar surface area (TPSA) is 28.6 Å². The summed E-state index contributed by atoms with van der Waals surface area (Å²) < 4.78 is 5.67. The number of nitrogens with zero attached hydrogens (tertiary/aromatic N) is 3. The maximum Gasteiger partial charge on any atom is 0.0897 e. The lowest BCUT2D eigenvalue weighted by atomic mass is 9.85. The van der Waals surface area contributed by atoms with Crippen molar-refractivity contribution in [2.75, 3.05) is 33.4 Å². The van der Waals surface area contributed by atoms with Crippen LogP contribution in [-0.2, 0) is 11.3 Å². The molecule has 0 N–H and O–H groups in total. The molecule has 1 aromatic heterocycles. The van der Waals surface area contributed by atoms with Crippen LogP contribution in [0.15, 0.2) is 5.38 Å². The number of hydrogen-bond donors (Lipinski definition) is 0. The van der Waals surface area contributed by atoms with Gasteiger partial charge in [0.25, 0.3) is 0 Å². The number of likely N-dealkylation sites (tertiary alicyclic amines) is 2. The zero-order valence-corrected chi connectivity index (χ0v) is 15.0. The SMILES string of the molecule is CCOCC1CCC2(CCN(Cc3csc(C)n3)CC2)N1C. The van der Waals surface area contributed by atoms with Crippen LogP contribution in [0.3, 0.4) is 0 Å². The Morgan fingerprint density at radius 3 is 2.77 bits per heavy atom. The lowest BCUT2D eigenvalue weighted by Crippen LogP contribution is -2.52. The Balaban J connectivity index is 1.52. The zero-order chi connectivity index (χ0) is 15.6. The molecule has 0 bridgehead atoms. The Bertz CT molecular complexity index is 482. The smallest absolute Gasteiger partial charge is 0.0897 e. The summed E-state index contributed by atoms with van der Waals surface area (Å²) in [5.41, 5.74) is 1.67. The first-order valence-corrected chi connectivity index (χ1v) is 9.45. The van der Waals surface area contributed by atoms with Gasteiger partial charge in [0.15, 0.2) is 0 Å². The zero-order valence-electron chi connectivity index (χ0n) is 14.2. The molecule has 1 spiro atoms. The molecular weight excluding hydrogens is 294 g/mol. The fourth-order valence-corrected chi connectivity index (χ4v) is 4.69. The average molecular weight is 324 g/mol. The third kappa shape index (κ3) is 3.37. The molecule has 1 aromatic rings. The van der Waals surface area contributed by atoms with Crippen molar-refractivity contribution < 1.29 is 4.74 Å². The van der Waals surface area contributed by atoms with Crippen LogP contribution in [0.1, 0.15) is 43.3 Å². The number of rotatable bonds is 5. The highest BCUT2D eigenvalue weighted by Crippen LogP contribution is 2.40. The fraction of sp³-hybridized carbons (Fsp3) is 0.824. The predicted molar refractivity (Wildman–Crippen MR) is 91.4 cm³/mol. The maximum absolute atomic E-state index is 5.67. The molecule has 2 fully saturated rings. The van der Waals surface area contributed by atoms with Gasteiger partial charge in [-0.2, -0.15) is 0 Å². The second-order valence-electron chi connectivity index (χ2n) is 6.82. The van der Waals surface area contributed by atoms with Gasteiger partial charge in [-0.15, -0.1) is 11.3 Å². The predicted octanol–water partition coefficient (Wildman–Crippen LogP) is 2.92. The normalized spacial score (nSPS) is 26.0. The first-order chi connectivity index (χ1) is 10.6. The molecule has 2 saturated heterocycles. The van der Waals surface area contributed by atoms with Crippen LogP contribution in [0.4, 0.5) is 0 Å². The third-order valence-corrected chi connectivity index (χ3v) is 6.41. The Morgan fingerprint density at radius 1 is 1.36 bits per heavy atom. The molecule has 0 saturated carbocycles. The van der Waals surface area contributed by atoms with Crippen molar-refractivity contribution in [1.29, 1.82) is 0 Å². The van der Waals surface area contributed by atoms with E-state index in [4.69, 9.17) is 4.74 Å². The van der Waals surface area contributed by atoms with Gasteiger partial charge in [-0.05, 0) is 46.6 Å². The van der Waals surface area contributed by atoms with Crippen LogP contribution >= 0.6 is 11.3 Å². The third-order valence-electron chi connectivity index (χ3n) is 5.59. The Labute approximate surface area is 138 Å². The summed E-state index contributed by atoms with van der Waals surface area (Å²) in [7, 11) is 2.32. The van der Waals surface area contributed by atoms with Crippen LogP contribution in [0.25, 0.3) is 0 Å². The van der Waals surface area contributed by atoms with Crippen molar-refractivity contribution in [3.05, 3.63) is 16.1 Å². The highest BCUT2D eigenvalue weighted by Gasteiger charge is 2.45. The molecule has 124 valence electrons. The maximum atomic E-state index is 5.67. The van der Waals surface area contributed by atoms with Crippen molar-refractivity contribution in [1.82, 2.24) is 14.8 Å². The minimum atomic E-state index is 0.427. The summed E-state index contributed by atoms with van der Waals surface area (Å²) in [6, 6.07) is 0.618. The van der Waals surface area contributed by atoms with Crippen molar-refractivity contribution in [2.45, 2.75) is 57.7 Å². The summed E-state index contributed by atoms with van der Waals surface area (Å²) in [4.78, 5) is 9.81. The second-order valence-corrected chi connectivity index (χ2v) is 7.88. The highest BCUT2D eigenvalue weighted by atomic mass is 32.1. The fourth-order valence-electron chi connectivity index (χ4n) is 4.08. The number of likely N-dealkylation sites (N-methyl/N-ethyl adjacent to an activating group) is 1. The quantitative estimate of drug-likeness (QED) is 0.833. The van der Waals surface area contributed by atoms with Gasteiger partial charge in [-0.3, -0.25) is 9.80 Å². The number of ether oxygens (including phenoxy) is 1. The van der Waals surface area contributed by atoms with E-state index in [-0.39, 0.29) is 0 Å². The summed E-state index contributed by atoms with van der Waals surface area (Å²) >= 11 is 1.76. The number of hydrogen-bond acceptors (Lipinski definition) is 5. The van der Waals surface area contributed by atoms with Crippen molar-refractivity contribution in [2.24, 2.45) is 0 Å². The molecule has 0 aromatic carbocycles. The second kappa shape index (κ2) is 6.95. The Morgan fingerprint density at radius 2 is 2.14 bits per heavy atom. The molecule has 0 radical (unpaired) electrons. The molecule has 22 heavy (non-hydrogen) atoms. The van der Waals surface area contributed by atoms with Crippen molar-refractivity contribution in [3.63, 3.8) is 0 Å². The first-order valence-electron chi connectivity index (χ1n) is 8.57. The van der Waals surface area contributed by atoms with E-state index in [0.717, 1.165) is 19.8 Å². The first kappa shape index (κ1) is 16.4. The van der Waals surface area contributed by atoms with E-state index < -0.39 is 0 Å². The molecule has 3 heterocycles. The van der Waals surface area contributed by atoms with Gasteiger partial charge in [-0.25, -0.2) is 4.98 Å². The van der Waals surface area contributed by atoms with E-state index in [1.165, 1.54) is 49.5 Å². The summed E-state index contributed by atoms with van der Waals surface area (Å²) in [6.07, 6.45) is 5.21. The van der Waals surface area contributed by atoms with E-state index in [1.807, 2.05) is 0 Å². The van der Waals surface area contributed by atoms with Gasteiger partial charge in [0.2, 0.25) is 0 Å². The summed E-state index contributed by atoms with van der Waals surface area (Å²) in [5, 5.41) is 3.39. The molecule has 0 aliphatic carbocycles. The van der Waals surface area contributed by atoms with E-state index in [9.17, 15) is 0 Å². The van der Waals surface area contributed by atoms with Crippen LogP contribution in [0.5, 0.6) is 0 Å². The standard InChI is InChI=1S/C17H29N3OS/c1-4-21-12-16-5-6-17(19(16)3)7-9-20(10-8-17)11-15-13-22-14(2)18-15/h13,16H,4-12H2,1-3H3. The largest absolute Gasteiger partial charge is 0.380 e. The van der Waals surface area contributed by atoms with Crippen LogP contribution in [-0.4, -0.2) is 59.7 Å². The van der Waals surface area contributed by atoms with Crippen LogP contribution in [0.2, 0.25) is 0 Å². The van der Waals surface area contributed by atoms with Crippen molar-refractivity contribution in [3.8, 4) is 0 Å².